The summed E-state index contributed by atoms with van der Waals surface area (Å²) in [5.74, 6) is 0.927. The molecule has 0 aromatic heterocycles. The molecule has 2 aromatic carbocycles. The molecule has 0 aliphatic rings. The largest absolute Gasteiger partial charge is 0.489 e. The van der Waals surface area contributed by atoms with Gasteiger partial charge in [0.2, 0.25) is 0 Å². The molecule has 0 aliphatic carbocycles. The normalized spacial score (nSPS) is 12.2. The van der Waals surface area contributed by atoms with Crippen LogP contribution in [0.4, 0.5) is 0 Å². The van der Waals surface area contributed by atoms with Crippen molar-refractivity contribution in [1.29, 1.82) is 0 Å². The number of ether oxygens (including phenoxy) is 1. The summed E-state index contributed by atoms with van der Waals surface area (Å²) < 4.78 is 6.00. The van der Waals surface area contributed by atoms with Gasteiger partial charge in [0.15, 0.2) is 0 Å². The van der Waals surface area contributed by atoms with Crippen molar-refractivity contribution in [3.8, 4) is 5.75 Å². The molecule has 1 N–H and O–H groups in total. The molecule has 2 nitrogen and oxygen atoms in total. The first-order chi connectivity index (χ1) is 11.6. The molecule has 0 saturated heterocycles. The van der Waals surface area contributed by atoms with Crippen LogP contribution in [0, 0.1) is 12.3 Å². The monoisotopic (exact) mass is 339 g/mol. The van der Waals surface area contributed by atoms with Crippen molar-refractivity contribution < 1.29 is 4.74 Å². The Morgan fingerprint density at radius 2 is 1.64 bits per heavy atom. The van der Waals surface area contributed by atoms with Crippen LogP contribution >= 0.6 is 0 Å². The van der Waals surface area contributed by atoms with Crippen molar-refractivity contribution in [3.63, 3.8) is 0 Å². The molecule has 0 aliphatic heterocycles. The lowest BCUT2D eigenvalue weighted by atomic mass is 9.82. The van der Waals surface area contributed by atoms with Gasteiger partial charge in [0.25, 0.3) is 0 Å². The topological polar surface area (TPSA) is 21.3 Å². The van der Waals surface area contributed by atoms with E-state index in [2.05, 4.69) is 89.3 Å². The van der Waals surface area contributed by atoms with Crippen LogP contribution < -0.4 is 10.1 Å². The minimum atomic E-state index is 0.107. The summed E-state index contributed by atoms with van der Waals surface area (Å²) in [6.07, 6.45) is 1.13. The van der Waals surface area contributed by atoms with Gasteiger partial charge < -0.3 is 10.1 Å². The molecule has 2 rings (SSSR count). The maximum atomic E-state index is 6.00. The predicted octanol–water partition coefficient (Wildman–Crippen LogP) is 5.88. The Hall–Kier alpha value is -1.80. The fraction of sp³-hybridized carbons (Fsp3) is 0.478. The molecule has 0 amide bonds. The average Bonchev–Trinajstić information content (AvgIpc) is 2.51. The standard InChI is InChI=1S/C23H33NO/c1-18-10-7-8-12-20(18)16-25-21-13-9-11-19(14-21)15-24-23(5,6)17-22(2,3)4/h7-14,24H,15-17H2,1-6H3. The molecule has 0 fully saturated rings. The molecule has 0 spiro atoms. The van der Waals surface area contributed by atoms with Crippen LogP contribution in [0.2, 0.25) is 0 Å². The zero-order valence-electron chi connectivity index (χ0n) is 16.6. The Kier molecular flexibility index (Phi) is 6.29. The summed E-state index contributed by atoms with van der Waals surface area (Å²) in [6.45, 7) is 15.0. The first kappa shape index (κ1) is 19.5. The molecule has 0 unspecified atom stereocenters. The second-order valence-electron chi connectivity index (χ2n) is 8.84. The number of hydrogen-bond donors (Lipinski definition) is 1. The van der Waals surface area contributed by atoms with Crippen molar-refractivity contribution in [2.75, 3.05) is 0 Å². The van der Waals surface area contributed by atoms with Gasteiger partial charge in [-0.1, -0.05) is 57.2 Å². The van der Waals surface area contributed by atoms with Gasteiger partial charge in [0, 0.05) is 12.1 Å². The Labute approximate surface area is 153 Å². The van der Waals surface area contributed by atoms with Crippen LogP contribution in [0.3, 0.4) is 0 Å². The van der Waals surface area contributed by atoms with E-state index < -0.39 is 0 Å². The van der Waals surface area contributed by atoms with Crippen molar-refractivity contribution in [2.45, 2.75) is 66.7 Å². The third-order valence-corrected chi connectivity index (χ3v) is 4.30. The van der Waals surface area contributed by atoms with Gasteiger partial charge in [-0.2, -0.15) is 0 Å². The first-order valence-electron chi connectivity index (χ1n) is 9.16. The zero-order valence-corrected chi connectivity index (χ0v) is 16.6. The van der Waals surface area contributed by atoms with Gasteiger partial charge in [0.05, 0.1) is 0 Å². The second kappa shape index (κ2) is 8.05. The van der Waals surface area contributed by atoms with E-state index in [1.54, 1.807) is 0 Å². The molecule has 25 heavy (non-hydrogen) atoms. The summed E-state index contributed by atoms with van der Waals surface area (Å²) in [5.41, 5.74) is 4.18. The van der Waals surface area contributed by atoms with Gasteiger partial charge in [-0.15, -0.1) is 0 Å². The number of aryl methyl sites for hydroxylation is 1. The second-order valence-corrected chi connectivity index (χ2v) is 8.84. The Morgan fingerprint density at radius 3 is 2.32 bits per heavy atom. The Morgan fingerprint density at radius 1 is 0.920 bits per heavy atom. The molecule has 2 aromatic rings. The molecule has 0 heterocycles. The van der Waals surface area contributed by atoms with E-state index in [0.29, 0.717) is 12.0 Å². The molecule has 0 bridgehead atoms. The quantitative estimate of drug-likeness (QED) is 0.680. The van der Waals surface area contributed by atoms with E-state index in [1.165, 1.54) is 16.7 Å². The number of nitrogens with one attached hydrogen (secondary N) is 1. The SMILES string of the molecule is Cc1ccccc1COc1cccc(CNC(C)(C)CC(C)(C)C)c1. The first-order valence-corrected chi connectivity index (χ1v) is 9.16. The summed E-state index contributed by atoms with van der Waals surface area (Å²) in [6, 6.07) is 16.8. The van der Waals surface area contributed by atoms with Crippen LogP contribution in [0.1, 0.15) is 57.7 Å². The molecule has 0 atom stereocenters. The summed E-state index contributed by atoms with van der Waals surface area (Å²) in [7, 11) is 0. The maximum absolute atomic E-state index is 6.00. The summed E-state index contributed by atoms with van der Waals surface area (Å²) in [4.78, 5) is 0. The fourth-order valence-corrected chi connectivity index (χ4v) is 3.41. The van der Waals surface area contributed by atoms with Crippen LogP contribution in [0.25, 0.3) is 0 Å². The molecular weight excluding hydrogens is 306 g/mol. The molecule has 2 heteroatoms. The van der Waals surface area contributed by atoms with Crippen LogP contribution in [0.5, 0.6) is 5.75 Å². The fourth-order valence-electron chi connectivity index (χ4n) is 3.41. The third kappa shape index (κ3) is 6.91. The van der Waals surface area contributed by atoms with Crippen LogP contribution in [-0.4, -0.2) is 5.54 Å². The van der Waals surface area contributed by atoms with Gasteiger partial charge >= 0.3 is 0 Å². The van der Waals surface area contributed by atoms with Crippen molar-refractivity contribution >= 4 is 0 Å². The van der Waals surface area contributed by atoms with Gasteiger partial charge in [-0.25, -0.2) is 0 Å². The van der Waals surface area contributed by atoms with Gasteiger partial charge in [0.1, 0.15) is 12.4 Å². The molecule has 0 saturated carbocycles. The lowest BCUT2D eigenvalue weighted by Gasteiger charge is -2.33. The molecular formula is C23H33NO. The van der Waals surface area contributed by atoms with Crippen LogP contribution in [0.15, 0.2) is 48.5 Å². The number of benzene rings is 2. The van der Waals surface area contributed by atoms with E-state index in [1.807, 2.05) is 6.07 Å². The highest BCUT2D eigenvalue weighted by atomic mass is 16.5. The number of hydrogen-bond acceptors (Lipinski definition) is 2. The minimum Gasteiger partial charge on any atom is -0.489 e. The number of rotatable bonds is 7. The predicted molar refractivity (Wildman–Crippen MR) is 107 cm³/mol. The molecule has 136 valence electrons. The lowest BCUT2D eigenvalue weighted by Crippen LogP contribution is -2.41. The highest BCUT2D eigenvalue weighted by Crippen LogP contribution is 2.27. The van der Waals surface area contributed by atoms with E-state index in [4.69, 9.17) is 4.74 Å². The summed E-state index contributed by atoms with van der Waals surface area (Å²) in [5, 5.41) is 3.69. The summed E-state index contributed by atoms with van der Waals surface area (Å²) >= 11 is 0. The Bertz CT molecular complexity index is 682. The van der Waals surface area contributed by atoms with Gasteiger partial charge in [-0.3, -0.25) is 0 Å². The molecule has 0 radical (unpaired) electrons. The minimum absolute atomic E-state index is 0.107. The van der Waals surface area contributed by atoms with E-state index in [0.717, 1.165) is 18.7 Å². The van der Waals surface area contributed by atoms with Crippen molar-refractivity contribution in [3.05, 3.63) is 65.2 Å². The average molecular weight is 340 g/mol. The van der Waals surface area contributed by atoms with Gasteiger partial charge in [-0.05, 0) is 61.4 Å². The van der Waals surface area contributed by atoms with Crippen molar-refractivity contribution in [2.24, 2.45) is 5.41 Å². The highest BCUT2D eigenvalue weighted by molar-refractivity contribution is 5.30. The maximum Gasteiger partial charge on any atom is 0.120 e. The Balaban J connectivity index is 1.94. The van der Waals surface area contributed by atoms with E-state index in [9.17, 15) is 0 Å². The van der Waals surface area contributed by atoms with Crippen LogP contribution in [-0.2, 0) is 13.2 Å². The van der Waals surface area contributed by atoms with E-state index in [-0.39, 0.29) is 5.54 Å². The van der Waals surface area contributed by atoms with Crippen molar-refractivity contribution in [1.82, 2.24) is 5.32 Å². The van der Waals surface area contributed by atoms with E-state index >= 15 is 0 Å². The smallest absolute Gasteiger partial charge is 0.120 e. The third-order valence-electron chi connectivity index (χ3n) is 4.30. The zero-order chi connectivity index (χ0) is 18.5. The lowest BCUT2D eigenvalue weighted by molar-refractivity contribution is 0.240. The highest BCUT2D eigenvalue weighted by Gasteiger charge is 2.24.